The first-order valence-corrected chi connectivity index (χ1v) is 5.52. The molecule has 1 rings (SSSR count). The first kappa shape index (κ1) is 11.5. The van der Waals surface area contributed by atoms with Gasteiger partial charge in [-0.15, -0.1) is 0 Å². The Morgan fingerprint density at radius 2 is 2.36 bits per heavy atom. The monoisotopic (exact) mass is 307 g/mol. The summed E-state index contributed by atoms with van der Waals surface area (Å²) in [5.74, 6) is 0.0829. The molecule has 0 saturated carbocycles. The second kappa shape index (κ2) is 4.77. The highest BCUT2D eigenvalue weighted by Crippen LogP contribution is 2.02. The first-order valence-electron chi connectivity index (χ1n) is 4.44. The lowest BCUT2D eigenvalue weighted by molar-refractivity contribution is -0.132. The van der Waals surface area contributed by atoms with Gasteiger partial charge in [-0.3, -0.25) is 9.48 Å². The third-order valence-electron chi connectivity index (χ3n) is 2.07. The molecule has 1 aromatic heterocycles. The summed E-state index contributed by atoms with van der Waals surface area (Å²) in [6.07, 6.45) is 3.59. The highest BCUT2D eigenvalue weighted by molar-refractivity contribution is 14.1. The maximum atomic E-state index is 11.6. The van der Waals surface area contributed by atoms with E-state index >= 15 is 0 Å². The van der Waals surface area contributed by atoms with Gasteiger partial charge in [0, 0.05) is 19.3 Å². The van der Waals surface area contributed by atoms with Crippen LogP contribution in [0.3, 0.4) is 0 Å². The lowest BCUT2D eigenvalue weighted by Gasteiger charge is -2.21. The number of amides is 1. The van der Waals surface area contributed by atoms with E-state index in [0.29, 0.717) is 6.54 Å². The predicted octanol–water partition coefficient (Wildman–Crippen LogP) is 1.35. The number of rotatable bonds is 3. The molecule has 0 aromatic carbocycles. The fourth-order valence-electron chi connectivity index (χ4n) is 0.963. The average Bonchev–Trinajstić information content (AvgIpc) is 2.49. The van der Waals surface area contributed by atoms with Gasteiger partial charge in [0.2, 0.25) is 5.91 Å². The van der Waals surface area contributed by atoms with Gasteiger partial charge in [-0.05, 0) is 36.4 Å². The molecule has 0 bridgehead atoms. The van der Waals surface area contributed by atoms with Crippen LogP contribution in [0.4, 0.5) is 0 Å². The number of carbonyl (C=O) groups excluding carboxylic acids is 1. The third-order valence-corrected chi connectivity index (χ3v) is 2.62. The highest BCUT2D eigenvalue weighted by atomic mass is 127. The fraction of sp³-hybridized carbons (Fsp3) is 0.556. The Hall–Kier alpha value is -0.590. The number of hydrogen-bond donors (Lipinski definition) is 0. The van der Waals surface area contributed by atoms with E-state index in [0.717, 1.165) is 3.57 Å². The van der Waals surface area contributed by atoms with Crippen LogP contribution in [0.2, 0.25) is 0 Å². The van der Waals surface area contributed by atoms with Crippen LogP contribution >= 0.6 is 22.6 Å². The molecular weight excluding hydrogens is 293 g/mol. The van der Waals surface area contributed by atoms with Crippen molar-refractivity contribution in [2.45, 2.75) is 26.4 Å². The molecule has 0 aliphatic carbocycles. The van der Waals surface area contributed by atoms with Crippen molar-refractivity contribution in [1.82, 2.24) is 14.7 Å². The maximum Gasteiger partial charge on any atom is 0.244 e. The molecule has 0 atom stereocenters. The van der Waals surface area contributed by atoms with Gasteiger partial charge in [-0.1, -0.05) is 0 Å². The topological polar surface area (TPSA) is 38.1 Å². The maximum absolute atomic E-state index is 11.6. The zero-order valence-corrected chi connectivity index (χ0v) is 10.7. The molecule has 14 heavy (non-hydrogen) atoms. The van der Waals surface area contributed by atoms with Gasteiger partial charge in [0.05, 0.1) is 9.77 Å². The minimum absolute atomic E-state index is 0.0829. The molecule has 1 amide bonds. The van der Waals surface area contributed by atoms with Crippen LogP contribution in [-0.4, -0.2) is 33.7 Å². The van der Waals surface area contributed by atoms with Gasteiger partial charge < -0.3 is 4.90 Å². The van der Waals surface area contributed by atoms with E-state index in [4.69, 9.17) is 0 Å². The number of likely N-dealkylation sites (N-methyl/N-ethyl adjacent to an activating group) is 1. The predicted molar refractivity (Wildman–Crippen MR) is 62.9 cm³/mol. The van der Waals surface area contributed by atoms with E-state index < -0.39 is 0 Å². The molecule has 1 aromatic rings. The van der Waals surface area contributed by atoms with Crippen LogP contribution < -0.4 is 0 Å². The summed E-state index contributed by atoms with van der Waals surface area (Å²) in [5.41, 5.74) is 0. The largest absolute Gasteiger partial charge is 0.342 e. The summed E-state index contributed by atoms with van der Waals surface area (Å²) < 4.78 is 2.70. The molecule has 1 heterocycles. The van der Waals surface area contributed by atoms with Crippen molar-refractivity contribution in [3.8, 4) is 0 Å². The van der Waals surface area contributed by atoms with Crippen molar-refractivity contribution < 1.29 is 4.79 Å². The summed E-state index contributed by atoms with van der Waals surface area (Å²) in [4.78, 5) is 13.3. The fourth-order valence-corrected chi connectivity index (χ4v) is 1.41. The van der Waals surface area contributed by atoms with Crippen molar-refractivity contribution in [3.63, 3.8) is 0 Å². The van der Waals surface area contributed by atoms with Crippen LogP contribution in [0.25, 0.3) is 0 Å². The van der Waals surface area contributed by atoms with Gasteiger partial charge in [0.15, 0.2) is 0 Å². The summed E-state index contributed by atoms with van der Waals surface area (Å²) >= 11 is 2.17. The minimum Gasteiger partial charge on any atom is -0.342 e. The number of aromatic nitrogens is 2. The molecule has 0 saturated heterocycles. The molecule has 0 radical (unpaired) electrons. The smallest absolute Gasteiger partial charge is 0.244 e. The second-order valence-corrected chi connectivity index (χ2v) is 4.70. The zero-order chi connectivity index (χ0) is 10.7. The van der Waals surface area contributed by atoms with E-state index in [-0.39, 0.29) is 11.9 Å². The summed E-state index contributed by atoms with van der Waals surface area (Å²) in [5, 5.41) is 4.06. The van der Waals surface area contributed by atoms with E-state index in [9.17, 15) is 4.79 Å². The standard InChI is InChI=1S/C9H14IN3O/c1-7(2)12(3)9(14)6-13-5-8(10)4-11-13/h4-5,7H,6H2,1-3H3. The van der Waals surface area contributed by atoms with Crippen molar-refractivity contribution in [2.75, 3.05) is 7.05 Å². The molecule has 0 N–H and O–H groups in total. The SMILES string of the molecule is CC(C)N(C)C(=O)Cn1cc(I)cn1. The Bertz CT molecular complexity index is 322. The van der Waals surface area contributed by atoms with E-state index in [1.807, 2.05) is 27.1 Å². The molecule has 0 aliphatic rings. The Kier molecular flexibility index (Phi) is 3.91. The molecule has 0 spiro atoms. The second-order valence-electron chi connectivity index (χ2n) is 3.45. The van der Waals surface area contributed by atoms with Crippen molar-refractivity contribution >= 4 is 28.5 Å². The van der Waals surface area contributed by atoms with Crippen LogP contribution in [0.1, 0.15) is 13.8 Å². The zero-order valence-electron chi connectivity index (χ0n) is 8.57. The van der Waals surface area contributed by atoms with Crippen molar-refractivity contribution in [1.29, 1.82) is 0 Å². The summed E-state index contributed by atoms with van der Waals surface area (Å²) in [7, 11) is 1.81. The van der Waals surface area contributed by atoms with Gasteiger partial charge in [-0.25, -0.2) is 0 Å². The van der Waals surface area contributed by atoms with Crippen LogP contribution in [-0.2, 0) is 11.3 Å². The number of hydrogen-bond acceptors (Lipinski definition) is 2. The molecule has 0 aliphatic heterocycles. The molecule has 0 fully saturated rings. The Morgan fingerprint density at radius 3 is 2.79 bits per heavy atom. The molecule has 78 valence electrons. The molecule has 4 nitrogen and oxygen atoms in total. The van der Waals surface area contributed by atoms with E-state index in [1.165, 1.54) is 0 Å². The highest BCUT2D eigenvalue weighted by Gasteiger charge is 2.12. The first-order chi connectivity index (χ1) is 6.50. The van der Waals surface area contributed by atoms with Crippen molar-refractivity contribution in [3.05, 3.63) is 16.0 Å². The normalized spacial score (nSPS) is 10.6. The van der Waals surface area contributed by atoms with Gasteiger partial charge in [0.1, 0.15) is 6.54 Å². The third kappa shape index (κ3) is 2.97. The summed E-state index contributed by atoms with van der Waals surface area (Å²) in [6.45, 7) is 4.30. The number of nitrogens with zero attached hydrogens (tertiary/aromatic N) is 3. The van der Waals surface area contributed by atoms with Crippen LogP contribution in [0, 0.1) is 3.57 Å². The Labute approximate surface area is 97.4 Å². The molecule has 5 heteroatoms. The van der Waals surface area contributed by atoms with Crippen LogP contribution in [0.15, 0.2) is 12.4 Å². The van der Waals surface area contributed by atoms with Gasteiger partial charge >= 0.3 is 0 Å². The van der Waals surface area contributed by atoms with Crippen LogP contribution in [0.5, 0.6) is 0 Å². The Morgan fingerprint density at radius 1 is 1.71 bits per heavy atom. The van der Waals surface area contributed by atoms with Crippen molar-refractivity contribution in [2.24, 2.45) is 0 Å². The lowest BCUT2D eigenvalue weighted by Crippen LogP contribution is -2.35. The van der Waals surface area contributed by atoms with Gasteiger partial charge in [0.25, 0.3) is 0 Å². The molecular formula is C9H14IN3O. The Balaban J connectivity index is 2.57. The minimum atomic E-state index is 0.0829. The lowest BCUT2D eigenvalue weighted by atomic mass is 10.3. The summed E-state index contributed by atoms with van der Waals surface area (Å²) in [6, 6.07) is 0.233. The quantitative estimate of drug-likeness (QED) is 0.791. The van der Waals surface area contributed by atoms with E-state index in [1.54, 1.807) is 15.8 Å². The van der Waals surface area contributed by atoms with E-state index in [2.05, 4.69) is 27.7 Å². The van der Waals surface area contributed by atoms with Gasteiger partial charge in [-0.2, -0.15) is 5.10 Å². The number of halogens is 1. The average molecular weight is 307 g/mol. The number of carbonyl (C=O) groups is 1. The molecule has 0 unspecified atom stereocenters.